The molecule has 0 saturated heterocycles. The first-order chi connectivity index (χ1) is 3.95. The molecule has 0 spiro atoms. The van der Waals surface area contributed by atoms with Crippen molar-refractivity contribution >= 4 is 0 Å². The van der Waals surface area contributed by atoms with E-state index in [0.29, 0.717) is 12.0 Å². The van der Waals surface area contributed by atoms with Gasteiger partial charge < -0.3 is 0 Å². The third-order valence-electron chi connectivity index (χ3n) is 1.06. The summed E-state index contributed by atoms with van der Waals surface area (Å²) in [4.78, 5) is 0. The summed E-state index contributed by atoms with van der Waals surface area (Å²) in [6.45, 7) is 6.22. The van der Waals surface area contributed by atoms with E-state index in [1.54, 1.807) is 0 Å². The van der Waals surface area contributed by atoms with Crippen molar-refractivity contribution < 1.29 is 8.78 Å². The summed E-state index contributed by atoms with van der Waals surface area (Å²) >= 11 is 0. The first-order valence-electron chi connectivity index (χ1n) is 3.00. The summed E-state index contributed by atoms with van der Waals surface area (Å²) in [5.41, 5.74) is 0.613. The molecule has 0 bridgehead atoms. The Morgan fingerprint density at radius 1 is 1.56 bits per heavy atom. The monoisotopic (exact) mass is 134 g/mol. The SMILES string of the molecule is C=C(CC)CC(C)(F)F. The molecular weight excluding hydrogens is 122 g/mol. The maximum absolute atomic E-state index is 12.1. The highest BCUT2D eigenvalue weighted by atomic mass is 19.3. The van der Waals surface area contributed by atoms with Gasteiger partial charge in [0.1, 0.15) is 0 Å². The number of hydrogen-bond acceptors (Lipinski definition) is 0. The van der Waals surface area contributed by atoms with Crippen LogP contribution in [0.25, 0.3) is 0 Å². The van der Waals surface area contributed by atoms with Crippen LogP contribution in [0.4, 0.5) is 8.78 Å². The minimum absolute atomic E-state index is 0.177. The molecule has 0 nitrogen and oxygen atoms in total. The zero-order valence-corrected chi connectivity index (χ0v) is 5.88. The van der Waals surface area contributed by atoms with E-state index >= 15 is 0 Å². The van der Waals surface area contributed by atoms with Crippen LogP contribution in [0, 0.1) is 0 Å². The van der Waals surface area contributed by atoms with E-state index in [-0.39, 0.29) is 6.42 Å². The molecule has 0 fully saturated rings. The van der Waals surface area contributed by atoms with E-state index in [1.165, 1.54) is 0 Å². The van der Waals surface area contributed by atoms with Crippen LogP contribution in [0.5, 0.6) is 0 Å². The first-order valence-corrected chi connectivity index (χ1v) is 3.00. The Hall–Kier alpha value is -0.400. The number of allylic oxidation sites excluding steroid dienone is 1. The Morgan fingerprint density at radius 2 is 2.00 bits per heavy atom. The van der Waals surface area contributed by atoms with Crippen molar-refractivity contribution in [1.82, 2.24) is 0 Å². The van der Waals surface area contributed by atoms with Crippen LogP contribution >= 0.6 is 0 Å². The molecule has 9 heavy (non-hydrogen) atoms. The van der Waals surface area contributed by atoms with Gasteiger partial charge in [0.25, 0.3) is 0 Å². The van der Waals surface area contributed by atoms with Gasteiger partial charge in [0, 0.05) is 6.42 Å². The van der Waals surface area contributed by atoms with E-state index in [1.807, 2.05) is 6.92 Å². The fourth-order valence-electron chi connectivity index (χ4n) is 0.564. The molecule has 0 unspecified atom stereocenters. The van der Waals surface area contributed by atoms with Crippen molar-refractivity contribution in [3.8, 4) is 0 Å². The smallest absolute Gasteiger partial charge is 0.207 e. The molecule has 54 valence electrons. The second-order valence-corrected chi connectivity index (χ2v) is 2.35. The van der Waals surface area contributed by atoms with Gasteiger partial charge in [-0.2, -0.15) is 0 Å². The quantitative estimate of drug-likeness (QED) is 0.520. The Kier molecular flexibility index (Phi) is 2.82. The van der Waals surface area contributed by atoms with Gasteiger partial charge in [-0.05, 0) is 13.3 Å². The van der Waals surface area contributed by atoms with Gasteiger partial charge in [-0.15, -0.1) is 0 Å². The molecule has 0 aliphatic carbocycles. The van der Waals surface area contributed by atoms with Crippen molar-refractivity contribution in [2.45, 2.75) is 32.6 Å². The maximum Gasteiger partial charge on any atom is 0.249 e. The van der Waals surface area contributed by atoms with Gasteiger partial charge in [-0.25, -0.2) is 8.78 Å². The Bertz CT molecular complexity index is 100.0. The summed E-state index contributed by atoms with van der Waals surface area (Å²) in [5, 5.41) is 0. The summed E-state index contributed by atoms with van der Waals surface area (Å²) in [5.74, 6) is -2.58. The summed E-state index contributed by atoms with van der Waals surface area (Å²) in [6, 6.07) is 0. The topological polar surface area (TPSA) is 0 Å². The fourth-order valence-corrected chi connectivity index (χ4v) is 0.564. The van der Waals surface area contributed by atoms with Gasteiger partial charge in [-0.1, -0.05) is 19.1 Å². The number of halogens is 2. The largest absolute Gasteiger partial charge is 0.249 e. The third kappa shape index (κ3) is 5.47. The van der Waals surface area contributed by atoms with Crippen LogP contribution < -0.4 is 0 Å². The van der Waals surface area contributed by atoms with Crippen LogP contribution in [-0.2, 0) is 0 Å². The lowest BCUT2D eigenvalue weighted by Crippen LogP contribution is -2.09. The zero-order chi connectivity index (χ0) is 7.49. The summed E-state index contributed by atoms with van der Waals surface area (Å²) in [6.07, 6.45) is 0.465. The highest BCUT2D eigenvalue weighted by Crippen LogP contribution is 2.22. The normalized spacial score (nSPS) is 11.6. The van der Waals surface area contributed by atoms with Crippen molar-refractivity contribution in [1.29, 1.82) is 0 Å². The molecule has 0 aliphatic rings. The van der Waals surface area contributed by atoms with Gasteiger partial charge >= 0.3 is 0 Å². The van der Waals surface area contributed by atoms with Crippen LogP contribution in [0.2, 0.25) is 0 Å². The average Bonchev–Trinajstić information content (AvgIpc) is 1.62. The molecule has 0 radical (unpaired) electrons. The predicted molar refractivity (Wildman–Crippen MR) is 34.7 cm³/mol. The first kappa shape index (κ1) is 8.60. The number of rotatable bonds is 3. The average molecular weight is 134 g/mol. The summed E-state index contributed by atoms with van der Waals surface area (Å²) in [7, 11) is 0. The van der Waals surface area contributed by atoms with Crippen molar-refractivity contribution in [2.75, 3.05) is 0 Å². The predicted octanol–water partition coefficient (Wildman–Crippen LogP) is 3.00. The molecule has 0 heterocycles. The molecule has 0 N–H and O–H groups in total. The second kappa shape index (κ2) is 2.95. The lowest BCUT2D eigenvalue weighted by molar-refractivity contribution is 0.0221. The van der Waals surface area contributed by atoms with Crippen LogP contribution in [0.3, 0.4) is 0 Å². The standard InChI is InChI=1S/C7H12F2/c1-4-6(2)5-7(3,8)9/h2,4-5H2,1,3H3. The minimum atomic E-state index is -2.58. The fraction of sp³-hybridized carbons (Fsp3) is 0.714. The van der Waals surface area contributed by atoms with Crippen molar-refractivity contribution in [3.05, 3.63) is 12.2 Å². The van der Waals surface area contributed by atoms with Gasteiger partial charge in [0.05, 0.1) is 0 Å². The number of alkyl halides is 2. The minimum Gasteiger partial charge on any atom is -0.207 e. The molecule has 0 saturated carbocycles. The van der Waals surface area contributed by atoms with E-state index in [4.69, 9.17) is 0 Å². The molecule has 0 aliphatic heterocycles. The highest BCUT2D eigenvalue weighted by Gasteiger charge is 2.20. The molecule has 0 rings (SSSR count). The number of hydrogen-bond donors (Lipinski definition) is 0. The Morgan fingerprint density at radius 3 is 2.11 bits per heavy atom. The van der Waals surface area contributed by atoms with Gasteiger partial charge in [0.2, 0.25) is 5.92 Å². The molecule has 2 heteroatoms. The van der Waals surface area contributed by atoms with E-state index in [0.717, 1.165) is 6.92 Å². The van der Waals surface area contributed by atoms with Gasteiger partial charge in [0.15, 0.2) is 0 Å². The molecular formula is C7H12F2. The van der Waals surface area contributed by atoms with Crippen LogP contribution in [0.15, 0.2) is 12.2 Å². The Balaban J connectivity index is 3.60. The lowest BCUT2D eigenvalue weighted by atomic mass is 10.1. The molecule has 0 aromatic heterocycles. The van der Waals surface area contributed by atoms with E-state index in [2.05, 4.69) is 6.58 Å². The second-order valence-electron chi connectivity index (χ2n) is 2.35. The van der Waals surface area contributed by atoms with Crippen molar-refractivity contribution in [3.63, 3.8) is 0 Å². The Labute approximate surface area is 54.6 Å². The van der Waals surface area contributed by atoms with E-state index in [9.17, 15) is 8.78 Å². The highest BCUT2D eigenvalue weighted by molar-refractivity contribution is 4.95. The maximum atomic E-state index is 12.1. The van der Waals surface area contributed by atoms with Crippen molar-refractivity contribution in [2.24, 2.45) is 0 Å². The molecule has 0 aromatic rings. The van der Waals surface area contributed by atoms with Gasteiger partial charge in [-0.3, -0.25) is 0 Å². The lowest BCUT2D eigenvalue weighted by Gasteiger charge is -2.09. The molecule has 0 aromatic carbocycles. The third-order valence-corrected chi connectivity index (χ3v) is 1.06. The zero-order valence-electron chi connectivity index (χ0n) is 5.88. The van der Waals surface area contributed by atoms with Crippen LogP contribution in [0.1, 0.15) is 26.7 Å². The van der Waals surface area contributed by atoms with Crippen LogP contribution in [-0.4, -0.2) is 5.92 Å². The molecule has 0 amide bonds. The summed E-state index contributed by atoms with van der Waals surface area (Å²) < 4.78 is 24.2. The molecule has 0 atom stereocenters. The van der Waals surface area contributed by atoms with E-state index < -0.39 is 5.92 Å².